The van der Waals surface area contributed by atoms with Crippen LogP contribution in [0.4, 0.5) is 10.5 Å². The van der Waals surface area contributed by atoms with Gasteiger partial charge < -0.3 is 15.1 Å². The maximum atomic E-state index is 10.1. The van der Waals surface area contributed by atoms with Gasteiger partial charge in [0.05, 0.1) is 0 Å². The topological polar surface area (TPSA) is 72.8 Å². The molecule has 0 unspecified atom stereocenters. The number of carboxylic acid groups (broad SMARTS) is 1. The number of nitrogens with zero attached hydrogens (tertiary/aromatic N) is 1. The van der Waals surface area contributed by atoms with Gasteiger partial charge in [-0.25, -0.2) is 4.79 Å². The van der Waals surface area contributed by atoms with Gasteiger partial charge >= 0.3 is 6.09 Å². The minimum Gasteiger partial charge on any atom is -0.465 e. The average Bonchev–Trinajstić information content (AvgIpc) is 2.55. The zero-order chi connectivity index (χ0) is 17.3. The molecule has 1 rings (SSSR count). The van der Waals surface area contributed by atoms with Crippen molar-refractivity contribution in [3.8, 4) is 0 Å². The Labute approximate surface area is 152 Å². The Bertz CT molecular complexity index is 372. The number of hydrogen-bond donors (Lipinski definition) is 3. The molecule has 0 atom stereocenters. The monoisotopic (exact) mass is 360 g/mol. The molecule has 6 heteroatoms. The summed E-state index contributed by atoms with van der Waals surface area (Å²) in [5.41, 5.74) is 0.593. The molecule has 0 bridgehead atoms. The largest absolute Gasteiger partial charge is 0.465 e. The molecule has 5 nitrogen and oxygen atoms in total. The zero-order valence-electron chi connectivity index (χ0n) is 14.9. The molecule has 0 heterocycles. The summed E-state index contributed by atoms with van der Waals surface area (Å²) in [6, 6.07) is 8.74. The molecular formula is C18H33ClN2O3. The molecule has 3 N–H and O–H groups in total. The number of hydrogen-bond acceptors (Lipinski definition) is 3. The zero-order valence-corrected chi connectivity index (χ0v) is 15.7. The lowest BCUT2D eigenvalue weighted by Crippen LogP contribution is -2.27. The lowest BCUT2D eigenvalue weighted by molar-refractivity contribution is 0.209. The van der Waals surface area contributed by atoms with Crippen LogP contribution in [0.2, 0.25) is 0 Å². The van der Waals surface area contributed by atoms with E-state index < -0.39 is 6.09 Å². The van der Waals surface area contributed by atoms with Crippen molar-refractivity contribution < 1.29 is 15.0 Å². The number of halogens is 1. The van der Waals surface area contributed by atoms with Crippen LogP contribution in [-0.4, -0.2) is 47.4 Å². The van der Waals surface area contributed by atoms with Crippen LogP contribution >= 0.6 is 12.4 Å². The van der Waals surface area contributed by atoms with E-state index in [9.17, 15) is 4.79 Å². The highest BCUT2D eigenvalue weighted by molar-refractivity contribution is 5.85. The van der Waals surface area contributed by atoms with Gasteiger partial charge in [-0.2, -0.15) is 0 Å². The predicted octanol–water partition coefficient (Wildman–Crippen LogP) is 4.47. The number of rotatable bonds is 10. The summed E-state index contributed by atoms with van der Waals surface area (Å²) >= 11 is 0. The lowest BCUT2D eigenvalue weighted by Gasteiger charge is -2.21. The summed E-state index contributed by atoms with van der Waals surface area (Å²) in [6.07, 6.45) is 4.99. The van der Waals surface area contributed by atoms with Gasteiger partial charge in [-0.3, -0.25) is 5.32 Å². The predicted molar refractivity (Wildman–Crippen MR) is 103 cm³/mol. The van der Waals surface area contributed by atoms with Crippen molar-refractivity contribution in [1.82, 2.24) is 4.90 Å². The van der Waals surface area contributed by atoms with E-state index in [4.69, 9.17) is 10.2 Å². The highest BCUT2D eigenvalue weighted by atomic mass is 35.5. The standard InChI is InChI=1S/C11H25NO.C7H7NO2.ClH/c1-3-5-8-12(9-6-4-2)10-7-11-13;9-7(10)8-6-4-2-1-3-5-6;/h13H,3-11H2,1-2H3;1-5,8H,(H,9,10);1H. The molecule has 0 saturated heterocycles. The molecule has 0 aromatic heterocycles. The van der Waals surface area contributed by atoms with Crippen LogP contribution in [0.25, 0.3) is 0 Å². The number of nitrogens with one attached hydrogen (secondary N) is 1. The van der Waals surface area contributed by atoms with Gasteiger partial charge in [0.2, 0.25) is 0 Å². The first-order valence-electron chi connectivity index (χ1n) is 8.52. The van der Waals surface area contributed by atoms with Crippen molar-refractivity contribution in [2.24, 2.45) is 0 Å². The normalized spacial score (nSPS) is 9.67. The van der Waals surface area contributed by atoms with Crippen molar-refractivity contribution >= 4 is 24.2 Å². The SMILES string of the molecule is CCCCN(CCCC)CCCO.Cl.O=C(O)Nc1ccccc1. The van der Waals surface area contributed by atoms with Gasteiger partial charge in [-0.1, -0.05) is 44.9 Å². The van der Waals surface area contributed by atoms with Gasteiger partial charge in [0.1, 0.15) is 0 Å². The number of para-hydroxylation sites is 1. The third kappa shape index (κ3) is 15.6. The number of carbonyl (C=O) groups is 1. The number of amides is 1. The Hall–Kier alpha value is -1.30. The van der Waals surface area contributed by atoms with Crippen LogP contribution in [0.3, 0.4) is 0 Å². The van der Waals surface area contributed by atoms with E-state index in [1.165, 1.54) is 38.8 Å². The average molecular weight is 361 g/mol. The smallest absolute Gasteiger partial charge is 0.409 e. The minimum absolute atomic E-state index is 0. The lowest BCUT2D eigenvalue weighted by atomic mass is 10.2. The molecule has 0 spiro atoms. The summed E-state index contributed by atoms with van der Waals surface area (Å²) < 4.78 is 0. The number of aliphatic hydroxyl groups excluding tert-OH is 1. The summed E-state index contributed by atoms with van der Waals surface area (Å²) in [5.74, 6) is 0. The highest BCUT2D eigenvalue weighted by Crippen LogP contribution is 2.03. The number of unbranched alkanes of at least 4 members (excludes halogenated alkanes) is 2. The van der Waals surface area contributed by atoms with Crippen molar-refractivity contribution in [3.63, 3.8) is 0 Å². The fraction of sp³-hybridized carbons (Fsp3) is 0.611. The van der Waals surface area contributed by atoms with Gasteiger partial charge in [0.25, 0.3) is 0 Å². The summed E-state index contributed by atoms with van der Waals surface area (Å²) in [4.78, 5) is 12.5. The number of aliphatic hydroxyl groups is 1. The Morgan fingerprint density at radius 1 is 1.00 bits per heavy atom. The first kappa shape index (κ1) is 24.9. The molecule has 0 radical (unpaired) electrons. The Morgan fingerprint density at radius 2 is 1.50 bits per heavy atom. The molecular weight excluding hydrogens is 328 g/mol. The summed E-state index contributed by atoms with van der Waals surface area (Å²) in [5, 5.41) is 19.2. The highest BCUT2D eigenvalue weighted by Gasteiger charge is 2.02. The second-order valence-corrected chi connectivity index (χ2v) is 5.42. The molecule has 0 fully saturated rings. The second-order valence-electron chi connectivity index (χ2n) is 5.42. The van der Waals surface area contributed by atoms with E-state index >= 15 is 0 Å². The fourth-order valence-electron chi connectivity index (χ4n) is 2.04. The molecule has 1 amide bonds. The van der Waals surface area contributed by atoms with E-state index in [1.54, 1.807) is 24.3 Å². The molecule has 0 saturated carbocycles. The van der Waals surface area contributed by atoms with Gasteiger partial charge in [-0.15, -0.1) is 12.4 Å². The Kier molecular flexibility index (Phi) is 18.8. The molecule has 140 valence electrons. The maximum absolute atomic E-state index is 10.1. The van der Waals surface area contributed by atoms with Gasteiger partial charge in [-0.05, 0) is 44.5 Å². The van der Waals surface area contributed by atoms with Gasteiger partial charge in [0.15, 0.2) is 0 Å². The van der Waals surface area contributed by atoms with E-state index in [0.29, 0.717) is 12.3 Å². The molecule has 1 aromatic rings. The van der Waals surface area contributed by atoms with Crippen molar-refractivity contribution in [1.29, 1.82) is 0 Å². The Morgan fingerprint density at radius 3 is 1.92 bits per heavy atom. The van der Waals surface area contributed by atoms with Crippen LogP contribution in [0.5, 0.6) is 0 Å². The molecule has 1 aromatic carbocycles. The first-order chi connectivity index (χ1) is 11.1. The van der Waals surface area contributed by atoms with Crippen molar-refractivity contribution in [3.05, 3.63) is 30.3 Å². The molecule has 0 aliphatic rings. The second kappa shape index (κ2) is 18.0. The molecule has 24 heavy (non-hydrogen) atoms. The summed E-state index contributed by atoms with van der Waals surface area (Å²) in [6.45, 7) is 8.26. The summed E-state index contributed by atoms with van der Waals surface area (Å²) in [7, 11) is 0. The third-order valence-electron chi connectivity index (χ3n) is 3.31. The van der Waals surface area contributed by atoms with Crippen LogP contribution in [0.15, 0.2) is 30.3 Å². The van der Waals surface area contributed by atoms with E-state index in [2.05, 4.69) is 24.1 Å². The van der Waals surface area contributed by atoms with Crippen LogP contribution < -0.4 is 5.32 Å². The fourth-order valence-corrected chi connectivity index (χ4v) is 2.04. The molecule has 0 aliphatic heterocycles. The first-order valence-corrected chi connectivity index (χ1v) is 8.52. The van der Waals surface area contributed by atoms with Crippen LogP contribution in [-0.2, 0) is 0 Å². The quantitative estimate of drug-likeness (QED) is 0.575. The van der Waals surface area contributed by atoms with Crippen LogP contribution in [0.1, 0.15) is 46.0 Å². The minimum atomic E-state index is -1.04. The van der Waals surface area contributed by atoms with Gasteiger partial charge in [0, 0.05) is 18.8 Å². The number of benzene rings is 1. The van der Waals surface area contributed by atoms with Crippen molar-refractivity contribution in [2.75, 3.05) is 31.6 Å². The number of anilines is 1. The van der Waals surface area contributed by atoms with E-state index in [-0.39, 0.29) is 12.4 Å². The third-order valence-corrected chi connectivity index (χ3v) is 3.31. The van der Waals surface area contributed by atoms with Crippen LogP contribution in [0, 0.1) is 0 Å². The Balaban J connectivity index is 0. The van der Waals surface area contributed by atoms with Crippen molar-refractivity contribution in [2.45, 2.75) is 46.0 Å². The van der Waals surface area contributed by atoms with E-state index in [0.717, 1.165) is 13.0 Å². The molecule has 0 aliphatic carbocycles. The van der Waals surface area contributed by atoms with E-state index in [1.807, 2.05) is 6.07 Å². The maximum Gasteiger partial charge on any atom is 0.409 e.